The molecule has 3 nitrogen and oxygen atoms in total. The van der Waals surface area contributed by atoms with Crippen LogP contribution in [-0.4, -0.2) is 12.5 Å². The summed E-state index contributed by atoms with van der Waals surface area (Å²) >= 11 is 1.74. The Morgan fingerprint density at radius 3 is 2.14 bits per heavy atom. The fourth-order valence-electron chi connectivity index (χ4n) is 3.28. The van der Waals surface area contributed by atoms with Crippen molar-refractivity contribution in [3.05, 3.63) is 84.2 Å². The lowest BCUT2D eigenvalue weighted by Gasteiger charge is -2.32. The molecule has 0 saturated heterocycles. The summed E-state index contributed by atoms with van der Waals surface area (Å²) in [7, 11) is 0. The molecule has 0 aromatic heterocycles. The summed E-state index contributed by atoms with van der Waals surface area (Å²) in [5.74, 6) is -0.576. The second-order valence-corrected chi connectivity index (χ2v) is 7.71. The molecule has 1 aliphatic heterocycles. The number of carbonyl (C=O) groups excluding carboxylic acids is 1. The van der Waals surface area contributed by atoms with E-state index in [0.717, 1.165) is 16.9 Å². The molecule has 4 rings (SSSR count). The minimum Gasteiger partial charge on any atom is -0.458 e. The molecule has 0 spiro atoms. The van der Waals surface area contributed by atoms with Crippen LogP contribution in [0.2, 0.25) is 0 Å². The summed E-state index contributed by atoms with van der Waals surface area (Å²) in [4.78, 5) is 17.0. The molecule has 0 fully saturated rings. The van der Waals surface area contributed by atoms with Gasteiger partial charge in [0.1, 0.15) is 11.9 Å². The number of rotatable bonds is 5. The average Bonchev–Trinajstić information content (AvgIpc) is 2.71. The zero-order valence-corrected chi connectivity index (χ0v) is 16.3. The van der Waals surface area contributed by atoms with Crippen molar-refractivity contribution in [2.24, 2.45) is 0 Å². The minimum atomic E-state index is -0.412. The Morgan fingerprint density at radius 2 is 1.54 bits per heavy atom. The number of halogens is 1. The Labute approximate surface area is 168 Å². The molecule has 3 aromatic carbocycles. The van der Waals surface area contributed by atoms with E-state index in [1.807, 2.05) is 24.3 Å². The lowest BCUT2D eigenvalue weighted by Crippen LogP contribution is -2.24. The standard InChI is InChI=1S/C23H20FNO2S/c1-16(17-10-12-18(24)13-11-17)27-23(26)14-15-25-19-6-2-4-8-21(19)28-22-9-5-3-7-20(22)25/h2-13,16H,14-15H2,1H3. The first-order valence-electron chi connectivity index (χ1n) is 9.20. The van der Waals surface area contributed by atoms with E-state index >= 15 is 0 Å². The van der Waals surface area contributed by atoms with Gasteiger partial charge in [-0.1, -0.05) is 48.2 Å². The largest absolute Gasteiger partial charge is 0.458 e. The number of fused-ring (bicyclic) bond motifs is 2. The lowest BCUT2D eigenvalue weighted by atomic mass is 10.1. The van der Waals surface area contributed by atoms with E-state index in [4.69, 9.17) is 4.74 Å². The molecule has 0 aliphatic carbocycles. The normalized spacial score (nSPS) is 13.4. The van der Waals surface area contributed by atoms with Crippen molar-refractivity contribution >= 4 is 29.1 Å². The minimum absolute atomic E-state index is 0.263. The molecule has 0 saturated carbocycles. The molecular weight excluding hydrogens is 373 g/mol. The molecule has 1 heterocycles. The molecule has 28 heavy (non-hydrogen) atoms. The third kappa shape index (κ3) is 3.90. The molecule has 1 atom stereocenters. The van der Waals surface area contributed by atoms with E-state index in [2.05, 4.69) is 29.2 Å². The van der Waals surface area contributed by atoms with E-state index in [9.17, 15) is 9.18 Å². The van der Waals surface area contributed by atoms with Crippen LogP contribution in [0, 0.1) is 5.82 Å². The number of carbonyl (C=O) groups is 1. The number of ether oxygens (including phenoxy) is 1. The monoisotopic (exact) mass is 393 g/mol. The molecule has 1 unspecified atom stereocenters. The molecular formula is C23H20FNO2S. The van der Waals surface area contributed by atoms with Crippen molar-refractivity contribution in [1.29, 1.82) is 0 Å². The number of esters is 1. The fraction of sp³-hybridized carbons (Fsp3) is 0.174. The van der Waals surface area contributed by atoms with Crippen molar-refractivity contribution in [2.45, 2.75) is 29.2 Å². The van der Waals surface area contributed by atoms with Gasteiger partial charge in [0.05, 0.1) is 17.8 Å². The highest BCUT2D eigenvalue weighted by Gasteiger charge is 2.23. The van der Waals surface area contributed by atoms with Crippen LogP contribution in [-0.2, 0) is 9.53 Å². The molecule has 0 N–H and O–H groups in total. The van der Waals surface area contributed by atoms with Crippen molar-refractivity contribution < 1.29 is 13.9 Å². The maximum absolute atomic E-state index is 13.1. The van der Waals surface area contributed by atoms with Gasteiger partial charge in [-0.2, -0.15) is 0 Å². The van der Waals surface area contributed by atoms with Crippen LogP contribution in [0.4, 0.5) is 15.8 Å². The number of hydrogen-bond donors (Lipinski definition) is 0. The number of nitrogens with zero attached hydrogens (tertiary/aromatic N) is 1. The number of benzene rings is 3. The highest BCUT2D eigenvalue weighted by atomic mass is 32.2. The van der Waals surface area contributed by atoms with Crippen molar-refractivity contribution in [3.63, 3.8) is 0 Å². The summed E-state index contributed by atoms with van der Waals surface area (Å²) in [6, 6.07) is 22.4. The van der Waals surface area contributed by atoms with Gasteiger partial charge in [0.15, 0.2) is 0 Å². The van der Waals surface area contributed by atoms with Crippen LogP contribution < -0.4 is 4.90 Å². The lowest BCUT2D eigenvalue weighted by molar-refractivity contribution is -0.148. The van der Waals surface area contributed by atoms with Crippen LogP contribution in [0.5, 0.6) is 0 Å². The van der Waals surface area contributed by atoms with Gasteiger partial charge in [0.2, 0.25) is 0 Å². The van der Waals surface area contributed by atoms with Gasteiger partial charge in [-0.3, -0.25) is 4.79 Å². The predicted molar refractivity (Wildman–Crippen MR) is 110 cm³/mol. The van der Waals surface area contributed by atoms with Crippen LogP contribution in [0.1, 0.15) is 25.0 Å². The third-order valence-corrected chi connectivity index (χ3v) is 5.85. The highest BCUT2D eigenvalue weighted by Crippen LogP contribution is 2.47. The van der Waals surface area contributed by atoms with Gasteiger partial charge in [-0.25, -0.2) is 4.39 Å². The molecule has 0 amide bonds. The first kappa shape index (κ1) is 18.6. The van der Waals surface area contributed by atoms with Gasteiger partial charge >= 0.3 is 5.97 Å². The fourth-order valence-corrected chi connectivity index (χ4v) is 4.38. The molecule has 142 valence electrons. The van der Waals surface area contributed by atoms with E-state index in [0.29, 0.717) is 6.54 Å². The van der Waals surface area contributed by atoms with Gasteiger partial charge in [0, 0.05) is 16.3 Å². The average molecular weight is 393 g/mol. The molecule has 3 aromatic rings. The Hall–Kier alpha value is -2.79. The topological polar surface area (TPSA) is 29.5 Å². The van der Waals surface area contributed by atoms with E-state index in [1.165, 1.54) is 21.9 Å². The van der Waals surface area contributed by atoms with Crippen molar-refractivity contribution in [2.75, 3.05) is 11.4 Å². The van der Waals surface area contributed by atoms with Gasteiger partial charge in [-0.05, 0) is 48.9 Å². The second-order valence-electron chi connectivity index (χ2n) is 6.62. The van der Waals surface area contributed by atoms with Gasteiger partial charge in [-0.15, -0.1) is 0 Å². The smallest absolute Gasteiger partial charge is 0.308 e. The summed E-state index contributed by atoms with van der Waals surface area (Å²) in [6.07, 6.45) is -0.150. The zero-order chi connectivity index (χ0) is 19.5. The first-order chi connectivity index (χ1) is 13.6. The molecule has 0 radical (unpaired) electrons. The first-order valence-corrected chi connectivity index (χ1v) is 10.0. The van der Waals surface area contributed by atoms with Crippen LogP contribution in [0.3, 0.4) is 0 Å². The summed E-state index contributed by atoms with van der Waals surface area (Å²) in [5, 5.41) is 0. The van der Waals surface area contributed by atoms with E-state index in [-0.39, 0.29) is 18.2 Å². The van der Waals surface area contributed by atoms with Crippen molar-refractivity contribution in [1.82, 2.24) is 0 Å². The quantitative estimate of drug-likeness (QED) is 0.488. The Morgan fingerprint density at radius 1 is 0.964 bits per heavy atom. The summed E-state index contributed by atoms with van der Waals surface area (Å²) < 4.78 is 18.6. The van der Waals surface area contributed by atoms with Gasteiger partial charge in [0.25, 0.3) is 0 Å². The summed E-state index contributed by atoms with van der Waals surface area (Å²) in [6.45, 7) is 2.33. The third-order valence-electron chi connectivity index (χ3n) is 4.72. The summed E-state index contributed by atoms with van der Waals surface area (Å²) in [5.41, 5.74) is 2.98. The maximum Gasteiger partial charge on any atom is 0.308 e. The van der Waals surface area contributed by atoms with Crippen molar-refractivity contribution in [3.8, 4) is 0 Å². The van der Waals surface area contributed by atoms with Crippen LogP contribution in [0.15, 0.2) is 82.6 Å². The Bertz CT molecular complexity index is 944. The highest BCUT2D eigenvalue weighted by molar-refractivity contribution is 7.99. The van der Waals surface area contributed by atoms with Crippen LogP contribution >= 0.6 is 11.8 Å². The second kappa shape index (κ2) is 8.07. The zero-order valence-electron chi connectivity index (χ0n) is 15.5. The van der Waals surface area contributed by atoms with Crippen LogP contribution in [0.25, 0.3) is 0 Å². The number of hydrogen-bond acceptors (Lipinski definition) is 4. The Kier molecular flexibility index (Phi) is 5.35. The predicted octanol–water partition coefficient (Wildman–Crippen LogP) is 6.12. The number of para-hydroxylation sites is 2. The Balaban J connectivity index is 1.46. The number of anilines is 2. The van der Waals surface area contributed by atoms with E-state index in [1.54, 1.807) is 30.8 Å². The molecule has 1 aliphatic rings. The van der Waals surface area contributed by atoms with E-state index < -0.39 is 6.10 Å². The molecule has 5 heteroatoms. The molecule has 0 bridgehead atoms. The SMILES string of the molecule is CC(OC(=O)CCN1c2ccccc2Sc2ccccc21)c1ccc(F)cc1. The van der Waals surface area contributed by atoms with Gasteiger partial charge < -0.3 is 9.64 Å². The maximum atomic E-state index is 13.1.